The van der Waals surface area contributed by atoms with Gasteiger partial charge in [-0.15, -0.1) is 10.2 Å². The molecule has 1 atom stereocenters. The molecule has 0 bridgehead atoms. The summed E-state index contributed by atoms with van der Waals surface area (Å²) in [5.41, 5.74) is 0.151. The molecule has 2 aromatic heterocycles. The predicted molar refractivity (Wildman–Crippen MR) is 91.8 cm³/mol. The maximum atomic E-state index is 11.1. The second-order valence-electron chi connectivity index (χ2n) is 7.78. The molecule has 1 saturated heterocycles. The van der Waals surface area contributed by atoms with Crippen molar-refractivity contribution < 1.29 is 5.11 Å². The maximum Gasteiger partial charge on any atom is 0.225 e. The molecule has 0 amide bonds. The number of aliphatic hydroxyl groups is 1. The molecule has 0 radical (unpaired) electrons. The number of aromatic nitrogens is 5. The van der Waals surface area contributed by atoms with Crippen LogP contribution in [0.15, 0.2) is 18.6 Å². The average molecular weight is 330 g/mol. The summed E-state index contributed by atoms with van der Waals surface area (Å²) in [5, 5.41) is 19.1. The van der Waals surface area contributed by atoms with E-state index in [0.717, 1.165) is 30.9 Å². The molecule has 1 fully saturated rings. The van der Waals surface area contributed by atoms with Crippen molar-refractivity contribution in [1.29, 1.82) is 0 Å². The Morgan fingerprint density at radius 1 is 1.33 bits per heavy atom. The van der Waals surface area contributed by atoms with Gasteiger partial charge in [-0.3, -0.25) is 0 Å². The monoisotopic (exact) mass is 330 g/mol. The summed E-state index contributed by atoms with van der Waals surface area (Å²) in [7, 11) is 1.90. The van der Waals surface area contributed by atoms with Crippen molar-refractivity contribution in [2.24, 2.45) is 7.05 Å². The number of β-amino-alcohol motifs (C(OH)–C–C–N with tert-alkyl or cyclic N) is 1. The smallest absolute Gasteiger partial charge is 0.225 e. The van der Waals surface area contributed by atoms with Gasteiger partial charge < -0.3 is 14.6 Å². The standard InChI is InChI=1S/C17H26N6O/c1-16(2,3)13-6-8-18-15(20-13)23-9-5-7-17(24,11-23)10-14-21-19-12-22(14)4/h6,8,12,24H,5,7,9-11H2,1-4H3. The first-order chi connectivity index (χ1) is 11.3. The van der Waals surface area contributed by atoms with Crippen molar-refractivity contribution in [2.45, 2.75) is 51.0 Å². The molecular weight excluding hydrogens is 304 g/mol. The van der Waals surface area contributed by atoms with Crippen molar-refractivity contribution in [3.63, 3.8) is 0 Å². The molecule has 0 aliphatic carbocycles. The van der Waals surface area contributed by atoms with Crippen LogP contribution in [0.1, 0.15) is 45.1 Å². The largest absolute Gasteiger partial charge is 0.388 e. The van der Waals surface area contributed by atoms with Crippen molar-refractivity contribution in [2.75, 3.05) is 18.0 Å². The molecule has 0 saturated carbocycles. The van der Waals surface area contributed by atoms with E-state index in [4.69, 9.17) is 4.98 Å². The molecule has 7 nitrogen and oxygen atoms in total. The van der Waals surface area contributed by atoms with Crippen LogP contribution in [0.5, 0.6) is 0 Å². The van der Waals surface area contributed by atoms with Gasteiger partial charge in [0.1, 0.15) is 12.2 Å². The summed E-state index contributed by atoms with van der Waals surface area (Å²) >= 11 is 0. The lowest BCUT2D eigenvalue weighted by Gasteiger charge is -2.39. The van der Waals surface area contributed by atoms with E-state index in [9.17, 15) is 5.11 Å². The summed E-state index contributed by atoms with van der Waals surface area (Å²) in [6.07, 6.45) is 5.60. The number of rotatable bonds is 3. The van der Waals surface area contributed by atoms with Crippen molar-refractivity contribution in [1.82, 2.24) is 24.7 Å². The van der Waals surface area contributed by atoms with Gasteiger partial charge in [0.15, 0.2) is 0 Å². The topological polar surface area (TPSA) is 80.0 Å². The Morgan fingerprint density at radius 3 is 2.79 bits per heavy atom. The Labute approximate surface area is 142 Å². The Bertz CT molecular complexity index is 707. The quantitative estimate of drug-likeness (QED) is 0.918. The number of aryl methyl sites for hydroxylation is 1. The third-order valence-electron chi connectivity index (χ3n) is 4.54. The molecule has 130 valence electrons. The van der Waals surface area contributed by atoms with Gasteiger partial charge >= 0.3 is 0 Å². The fraction of sp³-hybridized carbons (Fsp3) is 0.647. The van der Waals surface area contributed by atoms with Gasteiger partial charge in [-0.2, -0.15) is 0 Å². The number of anilines is 1. The Hall–Kier alpha value is -2.02. The summed E-state index contributed by atoms with van der Waals surface area (Å²) in [6, 6.07) is 1.96. The minimum Gasteiger partial charge on any atom is -0.388 e. The second-order valence-corrected chi connectivity index (χ2v) is 7.78. The SMILES string of the molecule is Cn1cnnc1CC1(O)CCCN(c2nccc(C(C)(C)C)n2)C1. The first-order valence-corrected chi connectivity index (χ1v) is 8.41. The summed E-state index contributed by atoms with van der Waals surface area (Å²) in [4.78, 5) is 11.2. The molecule has 1 N–H and O–H groups in total. The van der Waals surface area contributed by atoms with Crippen LogP contribution in [-0.4, -0.2) is 48.5 Å². The van der Waals surface area contributed by atoms with E-state index in [0.29, 0.717) is 18.9 Å². The normalized spacial score (nSPS) is 22.0. The molecule has 1 aliphatic heterocycles. The average Bonchev–Trinajstić information content (AvgIpc) is 2.91. The molecular formula is C17H26N6O. The van der Waals surface area contributed by atoms with Gasteiger partial charge in [0.05, 0.1) is 17.8 Å². The summed E-state index contributed by atoms with van der Waals surface area (Å²) in [5.74, 6) is 1.49. The molecule has 0 aromatic carbocycles. The number of hydrogen-bond acceptors (Lipinski definition) is 6. The fourth-order valence-corrected chi connectivity index (χ4v) is 3.11. The van der Waals surface area contributed by atoms with Crippen LogP contribution in [0.3, 0.4) is 0 Å². The predicted octanol–water partition coefficient (Wildman–Crippen LogP) is 1.48. The highest BCUT2D eigenvalue weighted by Gasteiger charge is 2.36. The van der Waals surface area contributed by atoms with Crippen LogP contribution in [0.2, 0.25) is 0 Å². The van der Waals surface area contributed by atoms with E-state index in [1.54, 1.807) is 12.5 Å². The van der Waals surface area contributed by atoms with Crippen molar-refractivity contribution in [3.8, 4) is 0 Å². The van der Waals surface area contributed by atoms with Crippen LogP contribution in [0.25, 0.3) is 0 Å². The zero-order valence-corrected chi connectivity index (χ0v) is 14.9. The van der Waals surface area contributed by atoms with Crippen LogP contribution in [0.4, 0.5) is 5.95 Å². The van der Waals surface area contributed by atoms with Gasteiger partial charge in [0, 0.05) is 31.6 Å². The highest BCUT2D eigenvalue weighted by Crippen LogP contribution is 2.28. The third-order valence-corrected chi connectivity index (χ3v) is 4.54. The Kier molecular flexibility index (Phi) is 4.29. The highest BCUT2D eigenvalue weighted by atomic mass is 16.3. The molecule has 7 heteroatoms. The fourth-order valence-electron chi connectivity index (χ4n) is 3.11. The molecule has 24 heavy (non-hydrogen) atoms. The second kappa shape index (κ2) is 6.12. The minimum atomic E-state index is -0.833. The van der Waals surface area contributed by atoms with Gasteiger partial charge in [-0.25, -0.2) is 9.97 Å². The van der Waals surface area contributed by atoms with Crippen LogP contribution >= 0.6 is 0 Å². The van der Waals surface area contributed by atoms with Crippen LogP contribution < -0.4 is 4.90 Å². The van der Waals surface area contributed by atoms with E-state index in [1.165, 1.54) is 0 Å². The van der Waals surface area contributed by atoms with Crippen molar-refractivity contribution >= 4 is 5.95 Å². The number of hydrogen-bond donors (Lipinski definition) is 1. The van der Waals surface area contributed by atoms with Gasteiger partial charge in [-0.05, 0) is 18.9 Å². The van der Waals surface area contributed by atoms with E-state index < -0.39 is 5.60 Å². The zero-order valence-electron chi connectivity index (χ0n) is 14.9. The lowest BCUT2D eigenvalue weighted by molar-refractivity contribution is 0.0234. The van der Waals surface area contributed by atoms with Crippen LogP contribution in [0, 0.1) is 0 Å². The minimum absolute atomic E-state index is 0.0254. The van der Waals surface area contributed by atoms with E-state index in [2.05, 4.69) is 40.9 Å². The van der Waals surface area contributed by atoms with E-state index in [1.807, 2.05) is 17.7 Å². The third kappa shape index (κ3) is 3.56. The molecule has 0 spiro atoms. The summed E-state index contributed by atoms with van der Waals surface area (Å²) in [6.45, 7) is 7.78. The van der Waals surface area contributed by atoms with E-state index in [-0.39, 0.29) is 5.41 Å². The van der Waals surface area contributed by atoms with Gasteiger partial charge in [-0.1, -0.05) is 20.8 Å². The molecule has 3 rings (SSSR count). The lowest BCUT2D eigenvalue weighted by Crippen LogP contribution is -2.50. The first kappa shape index (κ1) is 16.8. The first-order valence-electron chi connectivity index (χ1n) is 8.41. The molecule has 1 aliphatic rings. The summed E-state index contributed by atoms with van der Waals surface area (Å²) < 4.78 is 1.85. The Balaban J connectivity index is 1.79. The molecule has 1 unspecified atom stereocenters. The van der Waals surface area contributed by atoms with Crippen molar-refractivity contribution in [3.05, 3.63) is 30.1 Å². The number of piperidine rings is 1. The number of nitrogens with zero attached hydrogens (tertiary/aromatic N) is 6. The Morgan fingerprint density at radius 2 is 2.12 bits per heavy atom. The van der Waals surface area contributed by atoms with Gasteiger partial charge in [0.2, 0.25) is 5.95 Å². The maximum absolute atomic E-state index is 11.1. The zero-order chi connectivity index (χ0) is 17.4. The van der Waals surface area contributed by atoms with Gasteiger partial charge in [0.25, 0.3) is 0 Å². The lowest BCUT2D eigenvalue weighted by atomic mass is 9.89. The molecule has 2 aromatic rings. The highest BCUT2D eigenvalue weighted by molar-refractivity contribution is 5.34. The molecule has 3 heterocycles. The van der Waals surface area contributed by atoms with E-state index >= 15 is 0 Å². The van der Waals surface area contributed by atoms with Crippen LogP contribution in [-0.2, 0) is 18.9 Å².